The van der Waals surface area contributed by atoms with Gasteiger partial charge >= 0.3 is 0 Å². The van der Waals surface area contributed by atoms with Crippen LogP contribution in [0.2, 0.25) is 0 Å². The average Bonchev–Trinajstić information content (AvgIpc) is 2.57. The molecule has 0 saturated carbocycles. The molecule has 1 aliphatic rings. The number of halogens is 1. The van der Waals surface area contributed by atoms with E-state index in [1.807, 2.05) is 0 Å². The number of benzene rings is 1. The number of nitro groups is 1. The number of hydrogen-bond acceptors (Lipinski definition) is 5. The Labute approximate surface area is 153 Å². The molecule has 10 heteroatoms. The lowest BCUT2D eigenvalue weighted by Crippen LogP contribution is -3.14. The van der Waals surface area contributed by atoms with Crippen LogP contribution >= 0.6 is 28.1 Å². The minimum absolute atomic E-state index is 0.00635. The fourth-order valence-corrected chi connectivity index (χ4v) is 2.76. The maximum Gasteiger partial charge on any atom is 0.284 e. The van der Waals surface area contributed by atoms with Crippen molar-refractivity contribution < 1.29 is 14.6 Å². The Bertz CT molecular complexity index is 622. The predicted octanol–water partition coefficient (Wildman–Crippen LogP) is 0.0704. The van der Waals surface area contributed by atoms with Gasteiger partial charge in [0.2, 0.25) is 0 Å². The van der Waals surface area contributed by atoms with Gasteiger partial charge in [-0.15, -0.1) is 0 Å². The molecule has 0 atom stereocenters. The first-order valence-corrected chi connectivity index (χ1v) is 8.68. The summed E-state index contributed by atoms with van der Waals surface area (Å²) in [4.78, 5) is 11.9. The van der Waals surface area contributed by atoms with Gasteiger partial charge in [0.15, 0.2) is 5.11 Å². The highest BCUT2D eigenvalue weighted by molar-refractivity contribution is 9.10. The van der Waals surface area contributed by atoms with Crippen LogP contribution < -0.4 is 15.6 Å². The third-order valence-corrected chi connectivity index (χ3v) is 4.42. The van der Waals surface area contributed by atoms with E-state index in [4.69, 9.17) is 17.0 Å². The Morgan fingerprint density at radius 3 is 2.96 bits per heavy atom. The van der Waals surface area contributed by atoms with E-state index < -0.39 is 4.92 Å². The standard InChI is InChI=1S/C14H18BrN5O3S/c15-12-2-1-11(9-13(12)20(21)22)10-17-18-14(24)16-3-4-19-5-7-23-8-6-19/h1-2,9-10H,3-8H2,(H2,16,18,24)/p+1/b17-10-. The number of morpholine rings is 1. The molecular weight excluding hydrogens is 398 g/mol. The van der Waals surface area contributed by atoms with Gasteiger partial charge in [0, 0.05) is 11.6 Å². The van der Waals surface area contributed by atoms with Crippen molar-refractivity contribution >= 4 is 45.2 Å². The zero-order valence-electron chi connectivity index (χ0n) is 13.0. The quantitative estimate of drug-likeness (QED) is 0.263. The number of nitro benzene ring substituents is 1. The lowest BCUT2D eigenvalue weighted by Gasteiger charge is -2.23. The molecule has 1 aromatic rings. The minimum Gasteiger partial charge on any atom is -0.370 e. The predicted molar refractivity (Wildman–Crippen MR) is 98.5 cm³/mol. The molecule has 3 N–H and O–H groups in total. The second-order valence-electron chi connectivity index (χ2n) is 5.21. The monoisotopic (exact) mass is 416 g/mol. The number of hydrogen-bond donors (Lipinski definition) is 3. The van der Waals surface area contributed by atoms with E-state index >= 15 is 0 Å². The van der Waals surface area contributed by atoms with Crippen LogP contribution in [0.15, 0.2) is 27.8 Å². The number of rotatable bonds is 6. The highest BCUT2D eigenvalue weighted by Crippen LogP contribution is 2.24. The number of nitrogens with zero attached hydrogens (tertiary/aromatic N) is 2. The zero-order valence-corrected chi connectivity index (χ0v) is 15.4. The molecule has 1 aromatic carbocycles. The lowest BCUT2D eigenvalue weighted by molar-refractivity contribution is -0.906. The molecule has 1 saturated heterocycles. The molecule has 0 radical (unpaired) electrons. The fraction of sp³-hybridized carbons (Fsp3) is 0.429. The first-order chi connectivity index (χ1) is 11.6. The Morgan fingerprint density at radius 2 is 2.25 bits per heavy atom. The van der Waals surface area contributed by atoms with Crippen molar-refractivity contribution in [3.63, 3.8) is 0 Å². The van der Waals surface area contributed by atoms with Crippen LogP contribution in [0, 0.1) is 10.1 Å². The van der Waals surface area contributed by atoms with Crippen molar-refractivity contribution in [1.29, 1.82) is 0 Å². The van der Waals surface area contributed by atoms with Crippen molar-refractivity contribution in [3.8, 4) is 0 Å². The van der Waals surface area contributed by atoms with Crippen LogP contribution in [0.4, 0.5) is 5.69 Å². The van der Waals surface area contributed by atoms with Crippen LogP contribution in [-0.2, 0) is 4.74 Å². The average molecular weight is 417 g/mol. The van der Waals surface area contributed by atoms with E-state index in [2.05, 4.69) is 31.8 Å². The Kier molecular flexibility index (Phi) is 7.50. The zero-order chi connectivity index (χ0) is 17.4. The summed E-state index contributed by atoms with van der Waals surface area (Å²) < 4.78 is 5.74. The summed E-state index contributed by atoms with van der Waals surface area (Å²) in [5, 5.41) is 18.4. The summed E-state index contributed by atoms with van der Waals surface area (Å²) in [6.45, 7) is 5.36. The van der Waals surface area contributed by atoms with E-state index in [1.54, 1.807) is 12.1 Å². The normalized spacial score (nSPS) is 15.4. The number of hydrazone groups is 1. The van der Waals surface area contributed by atoms with Gasteiger partial charge in [-0.2, -0.15) is 5.10 Å². The molecule has 0 spiro atoms. The van der Waals surface area contributed by atoms with Crippen molar-refractivity contribution in [2.45, 2.75) is 0 Å². The van der Waals surface area contributed by atoms with Crippen molar-refractivity contribution in [2.24, 2.45) is 5.10 Å². The van der Waals surface area contributed by atoms with Gasteiger partial charge < -0.3 is 15.0 Å². The number of ether oxygens (including phenoxy) is 1. The van der Waals surface area contributed by atoms with E-state index in [0.29, 0.717) is 15.1 Å². The van der Waals surface area contributed by atoms with Gasteiger partial charge in [0.05, 0.1) is 41.9 Å². The summed E-state index contributed by atoms with van der Waals surface area (Å²) in [5.74, 6) is 0. The number of thiocarbonyl (C=S) groups is 1. The maximum atomic E-state index is 10.9. The molecule has 130 valence electrons. The second-order valence-corrected chi connectivity index (χ2v) is 6.47. The molecular formula is C14H19BrN5O3S+. The minimum atomic E-state index is -0.449. The summed E-state index contributed by atoms with van der Waals surface area (Å²) >= 11 is 8.28. The summed E-state index contributed by atoms with van der Waals surface area (Å²) in [5.41, 5.74) is 3.31. The number of quaternary nitrogens is 1. The molecule has 0 aliphatic carbocycles. The summed E-state index contributed by atoms with van der Waals surface area (Å²) in [7, 11) is 0. The van der Waals surface area contributed by atoms with Gasteiger partial charge in [-0.3, -0.25) is 15.5 Å². The molecule has 1 aliphatic heterocycles. The molecule has 0 unspecified atom stereocenters. The van der Waals surface area contributed by atoms with Gasteiger partial charge in [-0.1, -0.05) is 6.07 Å². The molecule has 8 nitrogen and oxygen atoms in total. The highest BCUT2D eigenvalue weighted by Gasteiger charge is 2.13. The smallest absolute Gasteiger partial charge is 0.284 e. The molecule has 0 amide bonds. The Hall–Kier alpha value is -1.62. The number of nitrogens with one attached hydrogen (secondary N) is 3. The first kappa shape index (κ1) is 18.7. The van der Waals surface area contributed by atoms with Gasteiger partial charge in [-0.25, -0.2) is 0 Å². The van der Waals surface area contributed by atoms with Crippen molar-refractivity contribution in [2.75, 3.05) is 39.4 Å². The van der Waals surface area contributed by atoms with Gasteiger partial charge in [0.25, 0.3) is 5.69 Å². The molecule has 2 rings (SSSR count). The van der Waals surface area contributed by atoms with Gasteiger partial charge in [-0.05, 0) is 34.2 Å². The van der Waals surface area contributed by atoms with Crippen LogP contribution in [0.25, 0.3) is 0 Å². The molecule has 1 heterocycles. The van der Waals surface area contributed by atoms with Crippen molar-refractivity contribution in [1.82, 2.24) is 10.7 Å². The second kappa shape index (κ2) is 9.62. The molecule has 0 aromatic heterocycles. The summed E-state index contributed by atoms with van der Waals surface area (Å²) in [6.07, 6.45) is 1.49. The van der Waals surface area contributed by atoms with E-state index in [1.165, 1.54) is 17.2 Å². The van der Waals surface area contributed by atoms with Crippen LogP contribution in [0.3, 0.4) is 0 Å². The maximum absolute atomic E-state index is 10.9. The van der Waals surface area contributed by atoms with E-state index in [-0.39, 0.29) is 5.69 Å². The van der Waals surface area contributed by atoms with Crippen LogP contribution in [0.5, 0.6) is 0 Å². The lowest BCUT2D eigenvalue weighted by atomic mass is 10.2. The third-order valence-electron chi connectivity index (χ3n) is 3.51. The largest absolute Gasteiger partial charge is 0.370 e. The first-order valence-electron chi connectivity index (χ1n) is 7.48. The van der Waals surface area contributed by atoms with E-state index in [0.717, 1.165) is 39.4 Å². The molecule has 0 bridgehead atoms. The fourth-order valence-electron chi connectivity index (χ4n) is 2.22. The Balaban J connectivity index is 1.73. The molecule has 1 fully saturated rings. The SMILES string of the molecule is O=[N+]([O-])c1cc(/C=N\NC(=S)NCC[NH+]2CCOCC2)ccc1Br. The third kappa shape index (κ3) is 6.11. The van der Waals surface area contributed by atoms with Crippen LogP contribution in [-0.4, -0.2) is 55.6 Å². The topological polar surface area (TPSA) is 93.2 Å². The van der Waals surface area contributed by atoms with E-state index in [9.17, 15) is 10.1 Å². The highest BCUT2D eigenvalue weighted by atomic mass is 79.9. The van der Waals surface area contributed by atoms with Crippen LogP contribution in [0.1, 0.15) is 5.56 Å². The summed E-state index contributed by atoms with van der Waals surface area (Å²) in [6, 6.07) is 4.77. The van der Waals surface area contributed by atoms with Crippen molar-refractivity contribution in [3.05, 3.63) is 38.3 Å². The van der Waals surface area contributed by atoms with Gasteiger partial charge in [0.1, 0.15) is 13.1 Å². The molecule has 24 heavy (non-hydrogen) atoms. The Morgan fingerprint density at radius 1 is 1.50 bits per heavy atom.